The van der Waals surface area contributed by atoms with Gasteiger partial charge in [-0.25, -0.2) is 4.79 Å². The molecule has 6 nitrogen and oxygen atoms in total. The molecule has 4 aromatic carbocycles. The largest absolute Gasteiger partial charge is 0.364 e. The standard InChI is InChI=1S/C39H33BrN2O4S/c1-3-42-36-19-13-29(38(44)28-11-9-27(10-12-28)26-7-5-4-6-8-26)23-33(36)34-24-30(14-20-37(34)42)39(45)35(41-46-25(2)43)21-22-47-32-17-15-31(40)16-18-32/h4-20,23-24,34,37H,3,21-22H2,1-2H3/b41-35+. The highest BCUT2D eigenvalue weighted by Gasteiger charge is 2.38. The fourth-order valence-electron chi connectivity index (χ4n) is 6.05. The van der Waals surface area contributed by atoms with E-state index in [1.165, 1.54) is 6.92 Å². The average Bonchev–Trinajstić information content (AvgIpc) is 3.42. The summed E-state index contributed by atoms with van der Waals surface area (Å²) in [4.78, 5) is 47.4. The SMILES string of the molecule is CCN1c2ccc(C(=O)c3ccc(-c4ccccc4)cc3)cc2C2C=C(C(=O)/C(CCSc3ccc(Br)cc3)=N/OC(C)=O)C=CC21. The highest BCUT2D eigenvalue weighted by Crippen LogP contribution is 2.45. The van der Waals surface area contributed by atoms with E-state index in [2.05, 4.69) is 32.9 Å². The highest BCUT2D eigenvalue weighted by atomic mass is 79.9. The fraction of sp³-hybridized carbons (Fsp3) is 0.179. The summed E-state index contributed by atoms with van der Waals surface area (Å²) in [5.41, 5.74) is 6.10. The normalized spacial score (nSPS) is 16.7. The number of thioether (sulfide) groups is 1. The van der Waals surface area contributed by atoms with Crippen molar-refractivity contribution < 1.29 is 19.2 Å². The van der Waals surface area contributed by atoms with Crippen LogP contribution in [-0.4, -0.2) is 41.6 Å². The van der Waals surface area contributed by atoms with Crippen molar-refractivity contribution in [2.45, 2.75) is 37.1 Å². The van der Waals surface area contributed by atoms with Gasteiger partial charge in [0.2, 0.25) is 5.78 Å². The molecule has 2 aliphatic rings. The molecular formula is C39H33BrN2O4S. The van der Waals surface area contributed by atoms with Crippen molar-refractivity contribution in [1.29, 1.82) is 0 Å². The topological polar surface area (TPSA) is 76.0 Å². The summed E-state index contributed by atoms with van der Waals surface area (Å²) >= 11 is 5.05. The first-order chi connectivity index (χ1) is 22.8. The van der Waals surface area contributed by atoms with Gasteiger partial charge in [-0.1, -0.05) is 93.9 Å². The molecule has 0 fully saturated rings. The fourth-order valence-corrected chi connectivity index (χ4v) is 7.18. The lowest BCUT2D eigenvalue weighted by Crippen LogP contribution is -2.33. The van der Waals surface area contributed by atoms with Gasteiger partial charge in [0.15, 0.2) is 5.78 Å². The second-order valence-electron chi connectivity index (χ2n) is 11.3. The third-order valence-electron chi connectivity index (χ3n) is 8.34. The van der Waals surface area contributed by atoms with Gasteiger partial charge in [0.25, 0.3) is 0 Å². The van der Waals surface area contributed by atoms with E-state index in [-0.39, 0.29) is 29.2 Å². The van der Waals surface area contributed by atoms with Crippen LogP contribution in [0.1, 0.15) is 47.7 Å². The van der Waals surface area contributed by atoms with Crippen LogP contribution in [0.25, 0.3) is 11.1 Å². The third kappa shape index (κ3) is 7.24. The quantitative estimate of drug-likeness (QED) is 0.0511. The lowest BCUT2D eigenvalue weighted by molar-refractivity contribution is -0.140. The van der Waals surface area contributed by atoms with Crippen LogP contribution in [0.15, 0.2) is 135 Å². The smallest absolute Gasteiger partial charge is 0.331 e. The molecule has 0 bridgehead atoms. The summed E-state index contributed by atoms with van der Waals surface area (Å²) in [6.07, 6.45) is 6.18. The molecular weight excluding hydrogens is 672 g/mol. The maximum atomic E-state index is 13.8. The molecule has 0 amide bonds. The minimum atomic E-state index is -0.584. The monoisotopic (exact) mass is 704 g/mol. The van der Waals surface area contributed by atoms with E-state index in [4.69, 9.17) is 4.84 Å². The van der Waals surface area contributed by atoms with E-state index in [1.807, 2.05) is 115 Å². The number of Topliss-reactive ketones (excluding diaryl/α,β-unsaturated/α-hetero) is 1. The molecule has 1 aliphatic heterocycles. The molecule has 2 unspecified atom stereocenters. The molecule has 0 saturated heterocycles. The number of likely N-dealkylation sites (N-methyl/N-ethyl adjacent to an activating group) is 1. The molecule has 2 atom stereocenters. The van der Waals surface area contributed by atoms with Gasteiger partial charge in [0.05, 0.1) is 6.04 Å². The van der Waals surface area contributed by atoms with Crippen molar-refractivity contribution in [1.82, 2.24) is 0 Å². The van der Waals surface area contributed by atoms with E-state index < -0.39 is 5.97 Å². The molecule has 1 heterocycles. The number of hydrogen-bond donors (Lipinski definition) is 0. The lowest BCUT2D eigenvalue weighted by atomic mass is 9.85. The number of fused-ring (bicyclic) bond motifs is 3. The zero-order valence-corrected chi connectivity index (χ0v) is 28.5. The number of carbonyl (C=O) groups is 3. The van der Waals surface area contributed by atoms with Crippen molar-refractivity contribution in [3.05, 3.63) is 142 Å². The van der Waals surface area contributed by atoms with E-state index >= 15 is 0 Å². The molecule has 6 rings (SSSR count). The molecule has 0 N–H and O–H groups in total. The summed E-state index contributed by atoms with van der Waals surface area (Å²) in [5.74, 6) is -0.460. The van der Waals surface area contributed by atoms with Gasteiger partial charge in [0, 0.05) is 63.3 Å². The van der Waals surface area contributed by atoms with Crippen LogP contribution in [0, 0.1) is 0 Å². The maximum absolute atomic E-state index is 13.8. The molecule has 0 saturated carbocycles. The first-order valence-corrected chi connectivity index (χ1v) is 17.3. The second kappa shape index (κ2) is 14.5. The van der Waals surface area contributed by atoms with Gasteiger partial charge in [-0.15, -0.1) is 11.8 Å². The molecule has 8 heteroatoms. The summed E-state index contributed by atoms with van der Waals surface area (Å²) in [5, 5.41) is 3.97. The van der Waals surface area contributed by atoms with Crippen LogP contribution >= 0.6 is 27.7 Å². The number of oxime groups is 1. The predicted molar refractivity (Wildman–Crippen MR) is 192 cm³/mol. The van der Waals surface area contributed by atoms with E-state index in [0.29, 0.717) is 28.9 Å². The molecule has 0 spiro atoms. The molecule has 47 heavy (non-hydrogen) atoms. The number of anilines is 1. The van der Waals surface area contributed by atoms with Crippen LogP contribution in [0.3, 0.4) is 0 Å². The highest BCUT2D eigenvalue weighted by molar-refractivity contribution is 9.10. The van der Waals surface area contributed by atoms with Gasteiger partial charge >= 0.3 is 5.97 Å². The number of allylic oxidation sites excluding steroid dienone is 2. The molecule has 1 aliphatic carbocycles. The summed E-state index contributed by atoms with van der Waals surface area (Å²) in [6, 6.07) is 31.6. The number of nitrogens with zero attached hydrogens (tertiary/aromatic N) is 2. The summed E-state index contributed by atoms with van der Waals surface area (Å²) in [6.45, 7) is 4.14. The summed E-state index contributed by atoms with van der Waals surface area (Å²) < 4.78 is 0.993. The molecule has 0 aromatic heterocycles. The van der Waals surface area contributed by atoms with Gasteiger partial charge in [0.1, 0.15) is 5.71 Å². The van der Waals surface area contributed by atoms with Crippen LogP contribution in [0.2, 0.25) is 0 Å². The number of rotatable bonds is 11. The zero-order valence-electron chi connectivity index (χ0n) is 26.1. The van der Waals surface area contributed by atoms with E-state index in [9.17, 15) is 14.4 Å². The Labute approximate surface area is 287 Å². The van der Waals surface area contributed by atoms with E-state index in [1.54, 1.807) is 11.8 Å². The van der Waals surface area contributed by atoms with Crippen molar-refractivity contribution in [2.75, 3.05) is 17.2 Å². The first-order valence-electron chi connectivity index (χ1n) is 15.5. The Morgan fingerprint density at radius 3 is 2.30 bits per heavy atom. The van der Waals surface area contributed by atoms with Crippen molar-refractivity contribution in [3.8, 4) is 11.1 Å². The van der Waals surface area contributed by atoms with Gasteiger partial charge in [-0.05, 0) is 66.1 Å². The Morgan fingerprint density at radius 1 is 0.894 bits per heavy atom. The summed E-state index contributed by atoms with van der Waals surface area (Å²) in [7, 11) is 0. The average molecular weight is 706 g/mol. The first kappa shape index (κ1) is 32.4. The Morgan fingerprint density at radius 2 is 1.60 bits per heavy atom. The van der Waals surface area contributed by atoms with Crippen molar-refractivity contribution in [2.24, 2.45) is 5.16 Å². The lowest BCUT2D eigenvalue weighted by Gasteiger charge is -2.28. The van der Waals surface area contributed by atoms with Crippen molar-refractivity contribution in [3.63, 3.8) is 0 Å². The van der Waals surface area contributed by atoms with Crippen molar-refractivity contribution >= 4 is 56.6 Å². The number of carbonyl (C=O) groups excluding carboxylic acids is 3. The Hall–Kier alpha value is -4.53. The molecule has 236 valence electrons. The minimum Gasteiger partial charge on any atom is -0.364 e. The van der Waals surface area contributed by atoms with Gasteiger partial charge in [-0.3, -0.25) is 9.59 Å². The van der Waals surface area contributed by atoms with E-state index in [0.717, 1.165) is 38.3 Å². The van der Waals surface area contributed by atoms with Gasteiger partial charge < -0.3 is 9.74 Å². The molecule has 0 radical (unpaired) electrons. The Balaban J connectivity index is 1.24. The van der Waals surface area contributed by atoms with Crippen LogP contribution in [0.4, 0.5) is 5.69 Å². The predicted octanol–water partition coefficient (Wildman–Crippen LogP) is 8.81. The number of hydrogen-bond acceptors (Lipinski definition) is 7. The third-order valence-corrected chi connectivity index (χ3v) is 9.89. The Kier molecular flexibility index (Phi) is 9.99. The van der Waals surface area contributed by atoms with Crippen LogP contribution < -0.4 is 4.90 Å². The van der Waals surface area contributed by atoms with Gasteiger partial charge in [-0.2, -0.15) is 0 Å². The zero-order chi connectivity index (χ0) is 32.9. The Bertz CT molecular complexity index is 1900. The maximum Gasteiger partial charge on any atom is 0.331 e. The number of benzene rings is 4. The second-order valence-corrected chi connectivity index (χ2v) is 13.4. The minimum absolute atomic E-state index is 0.0175. The van der Waals surface area contributed by atoms with Crippen LogP contribution in [0.5, 0.6) is 0 Å². The number of halogens is 1. The molecule has 4 aromatic rings. The number of ketones is 2. The van der Waals surface area contributed by atoms with Crippen LogP contribution in [-0.2, 0) is 14.4 Å².